The van der Waals surface area contributed by atoms with Gasteiger partial charge in [0.05, 0.1) is 12.1 Å². The molecule has 3 heteroatoms. The van der Waals surface area contributed by atoms with Gasteiger partial charge < -0.3 is 5.11 Å². The third-order valence-electron chi connectivity index (χ3n) is 2.15. The van der Waals surface area contributed by atoms with Crippen molar-refractivity contribution in [2.24, 2.45) is 5.41 Å². The second kappa shape index (κ2) is 4.22. The maximum Gasteiger partial charge on any atom is 0.160 e. The van der Waals surface area contributed by atoms with Crippen molar-refractivity contribution in [3.63, 3.8) is 0 Å². The fraction of sp³-hybridized carbons (Fsp3) is 0.917. The van der Waals surface area contributed by atoms with Crippen molar-refractivity contribution in [3.05, 3.63) is 0 Å². The number of hydrogen-bond acceptors (Lipinski definition) is 3. The van der Waals surface area contributed by atoms with Crippen molar-refractivity contribution in [2.45, 2.75) is 59.5 Å². The van der Waals surface area contributed by atoms with Gasteiger partial charge in [-0.1, -0.05) is 20.8 Å². The third kappa shape index (κ3) is 4.31. The Balaban J connectivity index is 4.95. The molecule has 90 valence electrons. The minimum absolute atomic E-state index is 0.0347. The van der Waals surface area contributed by atoms with E-state index in [1.807, 2.05) is 41.5 Å². The number of aliphatic hydroxyl groups is 1. The predicted molar refractivity (Wildman–Crippen MR) is 62.8 cm³/mol. The SMILES string of the molecule is CC(C)(C)N[C@@](C)(CO)C(=O)C(C)(C)C. The number of aliphatic hydroxyl groups excluding tert-OH is 1. The number of nitrogens with one attached hydrogen (secondary N) is 1. The fourth-order valence-electron chi connectivity index (χ4n) is 1.82. The van der Waals surface area contributed by atoms with Crippen LogP contribution in [0.4, 0.5) is 0 Å². The summed E-state index contributed by atoms with van der Waals surface area (Å²) in [6.07, 6.45) is 0. The minimum Gasteiger partial charge on any atom is -0.394 e. The van der Waals surface area contributed by atoms with E-state index in [9.17, 15) is 9.90 Å². The number of ketones is 1. The standard InChI is InChI=1S/C12H25NO2/c1-10(2,3)9(15)12(7,8-14)13-11(4,5)6/h13-14H,8H2,1-7H3/t12-/m0/s1. The molecule has 15 heavy (non-hydrogen) atoms. The van der Waals surface area contributed by atoms with E-state index in [1.54, 1.807) is 6.92 Å². The summed E-state index contributed by atoms with van der Waals surface area (Å²) in [6.45, 7) is 13.1. The molecule has 2 N–H and O–H groups in total. The first-order chi connectivity index (χ1) is 6.42. The van der Waals surface area contributed by atoms with E-state index in [1.165, 1.54) is 0 Å². The fourth-order valence-corrected chi connectivity index (χ4v) is 1.82. The van der Waals surface area contributed by atoms with Crippen molar-refractivity contribution in [1.29, 1.82) is 0 Å². The Hall–Kier alpha value is -0.410. The summed E-state index contributed by atoms with van der Waals surface area (Å²) in [4.78, 5) is 12.2. The van der Waals surface area contributed by atoms with Gasteiger partial charge >= 0.3 is 0 Å². The molecule has 0 aliphatic rings. The van der Waals surface area contributed by atoms with Crippen LogP contribution in [0.25, 0.3) is 0 Å². The van der Waals surface area contributed by atoms with Crippen LogP contribution >= 0.6 is 0 Å². The van der Waals surface area contributed by atoms with Gasteiger partial charge in [-0.15, -0.1) is 0 Å². The first-order valence-electron chi connectivity index (χ1n) is 5.37. The molecule has 0 rings (SSSR count). The lowest BCUT2D eigenvalue weighted by molar-refractivity contribution is -0.135. The van der Waals surface area contributed by atoms with Crippen molar-refractivity contribution in [3.8, 4) is 0 Å². The lowest BCUT2D eigenvalue weighted by atomic mass is 9.78. The number of rotatable bonds is 3. The maximum atomic E-state index is 12.2. The zero-order chi connectivity index (χ0) is 12.5. The average molecular weight is 215 g/mol. The molecule has 0 aliphatic heterocycles. The van der Waals surface area contributed by atoms with Gasteiger partial charge in [0.1, 0.15) is 0 Å². The molecule has 0 aromatic heterocycles. The van der Waals surface area contributed by atoms with Gasteiger partial charge in [-0.3, -0.25) is 10.1 Å². The quantitative estimate of drug-likeness (QED) is 0.754. The van der Waals surface area contributed by atoms with Crippen molar-refractivity contribution >= 4 is 5.78 Å². The van der Waals surface area contributed by atoms with E-state index in [0.29, 0.717) is 0 Å². The molecule has 3 nitrogen and oxygen atoms in total. The van der Waals surface area contributed by atoms with Crippen LogP contribution in [-0.4, -0.2) is 28.6 Å². The highest BCUT2D eigenvalue weighted by Crippen LogP contribution is 2.24. The molecule has 0 bridgehead atoms. The molecule has 0 aromatic rings. The Labute approximate surface area is 93.3 Å². The number of carbonyl (C=O) groups excluding carboxylic acids is 1. The van der Waals surface area contributed by atoms with Crippen LogP contribution in [0.5, 0.6) is 0 Å². The third-order valence-corrected chi connectivity index (χ3v) is 2.15. The van der Waals surface area contributed by atoms with Crippen LogP contribution in [0.1, 0.15) is 48.5 Å². The highest BCUT2D eigenvalue weighted by atomic mass is 16.3. The normalized spacial score (nSPS) is 17.3. The molecule has 0 aromatic carbocycles. The van der Waals surface area contributed by atoms with Gasteiger partial charge in [0, 0.05) is 11.0 Å². The van der Waals surface area contributed by atoms with Crippen LogP contribution < -0.4 is 5.32 Å². The summed E-state index contributed by atoms with van der Waals surface area (Å²) in [7, 11) is 0. The molecule has 0 radical (unpaired) electrons. The maximum absolute atomic E-state index is 12.2. The van der Waals surface area contributed by atoms with Crippen LogP contribution in [0, 0.1) is 5.41 Å². The molecule has 1 atom stereocenters. The molecule has 0 saturated heterocycles. The molecule has 0 unspecified atom stereocenters. The predicted octanol–water partition coefficient (Wildman–Crippen LogP) is 1.74. The van der Waals surface area contributed by atoms with Crippen LogP contribution in [0.3, 0.4) is 0 Å². The zero-order valence-electron chi connectivity index (χ0n) is 11.1. The zero-order valence-corrected chi connectivity index (χ0v) is 11.1. The number of hydrogen-bond donors (Lipinski definition) is 2. The Morgan fingerprint density at radius 3 is 1.67 bits per heavy atom. The Morgan fingerprint density at radius 2 is 1.47 bits per heavy atom. The second-order valence-electron chi connectivity index (χ2n) is 6.44. The van der Waals surface area contributed by atoms with Crippen molar-refractivity contribution in [2.75, 3.05) is 6.61 Å². The molecule has 0 aliphatic carbocycles. The van der Waals surface area contributed by atoms with Crippen molar-refractivity contribution in [1.82, 2.24) is 5.32 Å². The topological polar surface area (TPSA) is 49.3 Å². The summed E-state index contributed by atoms with van der Waals surface area (Å²) in [6, 6.07) is 0. The van der Waals surface area contributed by atoms with E-state index in [-0.39, 0.29) is 17.9 Å². The summed E-state index contributed by atoms with van der Waals surface area (Å²) < 4.78 is 0. The summed E-state index contributed by atoms with van der Waals surface area (Å²) in [5, 5.41) is 12.6. The monoisotopic (exact) mass is 215 g/mol. The van der Waals surface area contributed by atoms with E-state index in [4.69, 9.17) is 0 Å². The number of carbonyl (C=O) groups is 1. The molecule has 0 spiro atoms. The molecular formula is C12H25NO2. The van der Waals surface area contributed by atoms with Gasteiger partial charge in [-0.05, 0) is 27.7 Å². The first-order valence-corrected chi connectivity index (χ1v) is 5.37. The van der Waals surface area contributed by atoms with Gasteiger partial charge in [-0.25, -0.2) is 0 Å². The average Bonchev–Trinajstić information content (AvgIpc) is 1.98. The molecule has 0 fully saturated rings. The number of Topliss-reactive ketones (excluding diaryl/α,β-unsaturated/α-hetero) is 1. The van der Waals surface area contributed by atoms with Crippen LogP contribution in [0.15, 0.2) is 0 Å². The highest BCUT2D eigenvalue weighted by molar-refractivity contribution is 5.92. The van der Waals surface area contributed by atoms with Gasteiger partial charge in [0.15, 0.2) is 5.78 Å². The second-order valence-corrected chi connectivity index (χ2v) is 6.44. The van der Waals surface area contributed by atoms with Gasteiger partial charge in [0.2, 0.25) is 0 Å². The Bertz CT molecular complexity index is 235. The van der Waals surface area contributed by atoms with E-state index in [2.05, 4.69) is 5.32 Å². The van der Waals surface area contributed by atoms with Crippen molar-refractivity contribution < 1.29 is 9.90 Å². The minimum atomic E-state index is -0.865. The van der Waals surface area contributed by atoms with E-state index >= 15 is 0 Å². The van der Waals surface area contributed by atoms with Crippen LogP contribution in [0.2, 0.25) is 0 Å². The smallest absolute Gasteiger partial charge is 0.160 e. The molecular weight excluding hydrogens is 190 g/mol. The molecule has 0 heterocycles. The summed E-state index contributed by atoms with van der Waals surface area (Å²) >= 11 is 0. The highest BCUT2D eigenvalue weighted by Gasteiger charge is 2.41. The lowest BCUT2D eigenvalue weighted by Gasteiger charge is -2.38. The summed E-state index contributed by atoms with van der Waals surface area (Å²) in [5.41, 5.74) is -1.51. The molecule has 0 amide bonds. The first kappa shape index (κ1) is 14.6. The largest absolute Gasteiger partial charge is 0.394 e. The van der Waals surface area contributed by atoms with Gasteiger partial charge in [-0.2, -0.15) is 0 Å². The van der Waals surface area contributed by atoms with Crippen LogP contribution in [-0.2, 0) is 4.79 Å². The Morgan fingerprint density at radius 1 is 1.07 bits per heavy atom. The summed E-state index contributed by atoms with van der Waals surface area (Å²) in [5.74, 6) is 0.0347. The van der Waals surface area contributed by atoms with E-state index in [0.717, 1.165) is 0 Å². The lowest BCUT2D eigenvalue weighted by Crippen LogP contribution is -2.61. The molecule has 0 saturated carbocycles. The van der Waals surface area contributed by atoms with Gasteiger partial charge in [0.25, 0.3) is 0 Å². The van der Waals surface area contributed by atoms with E-state index < -0.39 is 11.0 Å². The Kier molecular flexibility index (Phi) is 4.11.